The van der Waals surface area contributed by atoms with E-state index in [1.165, 1.54) is 14.2 Å². The van der Waals surface area contributed by atoms with Crippen LogP contribution < -0.4 is 0 Å². The second kappa shape index (κ2) is 5.23. The number of fused-ring (bicyclic) bond motifs is 1. The SMILES string of the molecule is COC(=O)[C@]1(O)C[C@@H](O)[C@H]2O[C@@H](C)[C@@](C)(OC)O[C@@H]2C1. The Kier molecular flexibility index (Phi) is 4.10. The Bertz CT molecular complexity index is 387. The average molecular weight is 290 g/mol. The predicted octanol–water partition coefficient (Wildman–Crippen LogP) is -0.420. The number of methoxy groups -OCH3 is 2. The Balaban J connectivity index is 2.21. The van der Waals surface area contributed by atoms with Crippen LogP contribution in [0.2, 0.25) is 0 Å². The van der Waals surface area contributed by atoms with Crippen molar-refractivity contribution in [3.05, 3.63) is 0 Å². The molecule has 2 rings (SSSR count). The molecule has 2 N–H and O–H groups in total. The van der Waals surface area contributed by atoms with Gasteiger partial charge in [-0.3, -0.25) is 0 Å². The molecule has 7 nitrogen and oxygen atoms in total. The first-order chi connectivity index (χ1) is 9.25. The summed E-state index contributed by atoms with van der Waals surface area (Å²) in [5.41, 5.74) is -1.77. The number of ether oxygens (including phenoxy) is 4. The number of carbonyl (C=O) groups excluding carboxylic acids is 1. The number of hydrogen-bond donors (Lipinski definition) is 2. The van der Waals surface area contributed by atoms with E-state index in [2.05, 4.69) is 4.74 Å². The summed E-state index contributed by atoms with van der Waals surface area (Å²) in [4.78, 5) is 11.7. The van der Waals surface area contributed by atoms with E-state index in [0.29, 0.717) is 0 Å². The molecule has 0 bridgehead atoms. The predicted molar refractivity (Wildman–Crippen MR) is 66.8 cm³/mol. The Morgan fingerprint density at radius 3 is 2.55 bits per heavy atom. The minimum absolute atomic E-state index is 0.00687. The third-order valence-corrected chi connectivity index (χ3v) is 4.29. The average Bonchev–Trinajstić information content (AvgIpc) is 2.40. The molecule has 0 spiro atoms. The van der Waals surface area contributed by atoms with Gasteiger partial charge in [0, 0.05) is 20.0 Å². The third-order valence-electron chi connectivity index (χ3n) is 4.29. The number of hydrogen-bond acceptors (Lipinski definition) is 7. The van der Waals surface area contributed by atoms with Crippen LogP contribution in [0.1, 0.15) is 26.7 Å². The minimum atomic E-state index is -1.77. The second-order valence-corrected chi connectivity index (χ2v) is 5.62. The summed E-state index contributed by atoms with van der Waals surface area (Å²) in [5.74, 6) is -1.77. The number of carbonyl (C=O) groups is 1. The van der Waals surface area contributed by atoms with Crippen LogP contribution >= 0.6 is 0 Å². The Morgan fingerprint density at radius 2 is 2.00 bits per heavy atom. The summed E-state index contributed by atoms with van der Waals surface area (Å²) in [7, 11) is 2.68. The summed E-state index contributed by atoms with van der Waals surface area (Å²) in [5, 5.41) is 20.5. The van der Waals surface area contributed by atoms with Crippen LogP contribution in [0.25, 0.3) is 0 Å². The van der Waals surface area contributed by atoms with Gasteiger partial charge in [-0.2, -0.15) is 0 Å². The van der Waals surface area contributed by atoms with Gasteiger partial charge in [0.1, 0.15) is 12.2 Å². The molecule has 0 aromatic rings. The Hall–Kier alpha value is -0.730. The van der Waals surface area contributed by atoms with E-state index in [9.17, 15) is 15.0 Å². The maximum atomic E-state index is 11.7. The highest BCUT2D eigenvalue weighted by Gasteiger charge is 2.56. The second-order valence-electron chi connectivity index (χ2n) is 5.62. The van der Waals surface area contributed by atoms with Crippen LogP contribution in [-0.4, -0.2) is 66.2 Å². The standard InChI is InChI=1S/C13H22O7/c1-7-12(2,18-4)20-9-6-13(16,11(15)17-3)5-8(14)10(9)19-7/h7-10,14,16H,5-6H2,1-4H3/t7-,8+,9+,10+,12-,13-/m0/s1. The highest BCUT2D eigenvalue weighted by Crippen LogP contribution is 2.40. The van der Waals surface area contributed by atoms with Gasteiger partial charge >= 0.3 is 5.97 Å². The Morgan fingerprint density at radius 1 is 1.35 bits per heavy atom. The number of esters is 1. The van der Waals surface area contributed by atoms with Crippen molar-refractivity contribution in [3.63, 3.8) is 0 Å². The first-order valence-electron chi connectivity index (χ1n) is 6.63. The summed E-state index contributed by atoms with van der Waals surface area (Å²) >= 11 is 0. The molecule has 1 aliphatic heterocycles. The van der Waals surface area contributed by atoms with E-state index < -0.39 is 35.7 Å². The fraction of sp³-hybridized carbons (Fsp3) is 0.923. The molecule has 116 valence electrons. The molecule has 1 saturated carbocycles. The molecule has 2 fully saturated rings. The molecular weight excluding hydrogens is 268 g/mol. The normalized spacial score (nSPS) is 48.5. The largest absolute Gasteiger partial charge is 0.467 e. The monoisotopic (exact) mass is 290 g/mol. The maximum Gasteiger partial charge on any atom is 0.338 e. The van der Waals surface area contributed by atoms with Crippen molar-refractivity contribution in [3.8, 4) is 0 Å². The number of aliphatic hydroxyl groups excluding tert-OH is 1. The van der Waals surface area contributed by atoms with Gasteiger partial charge < -0.3 is 29.2 Å². The van der Waals surface area contributed by atoms with Crippen molar-refractivity contribution in [2.75, 3.05) is 14.2 Å². The van der Waals surface area contributed by atoms with Crippen molar-refractivity contribution in [2.24, 2.45) is 0 Å². The zero-order chi connectivity index (χ0) is 15.1. The van der Waals surface area contributed by atoms with Crippen molar-refractivity contribution in [2.45, 2.75) is 62.5 Å². The molecule has 6 atom stereocenters. The van der Waals surface area contributed by atoms with Crippen molar-refractivity contribution in [1.29, 1.82) is 0 Å². The molecule has 1 saturated heterocycles. The summed E-state index contributed by atoms with van der Waals surface area (Å²) in [6, 6.07) is 0. The molecule has 1 aliphatic carbocycles. The lowest BCUT2D eigenvalue weighted by Gasteiger charge is -2.51. The van der Waals surface area contributed by atoms with Gasteiger partial charge in [0.2, 0.25) is 0 Å². The van der Waals surface area contributed by atoms with Crippen LogP contribution in [-0.2, 0) is 23.7 Å². The molecule has 20 heavy (non-hydrogen) atoms. The van der Waals surface area contributed by atoms with Crippen LogP contribution in [0.4, 0.5) is 0 Å². The molecule has 2 aliphatic rings. The van der Waals surface area contributed by atoms with Crippen LogP contribution in [0.3, 0.4) is 0 Å². The third kappa shape index (κ3) is 2.44. The van der Waals surface area contributed by atoms with Gasteiger partial charge in [-0.05, 0) is 13.8 Å². The first-order valence-corrected chi connectivity index (χ1v) is 6.63. The van der Waals surface area contributed by atoms with Crippen LogP contribution in [0.5, 0.6) is 0 Å². The van der Waals surface area contributed by atoms with Gasteiger partial charge in [0.25, 0.3) is 0 Å². The first kappa shape index (κ1) is 15.7. The fourth-order valence-electron chi connectivity index (χ4n) is 2.86. The van der Waals surface area contributed by atoms with E-state index in [4.69, 9.17) is 14.2 Å². The molecule has 7 heteroatoms. The number of rotatable bonds is 2. The summed E-state index contributed by atoms with van der Waals surface area (Å²) < 4.78 is 21.5. The van der Waals surface area contributed by atoms with E-state index in [1.807, 2.05) is 0 Å². The van der Waals surface area contributed by atoms with Gasteiger partial charge in [-0.25, -0.2) is 4.79 Å². The molecule has 0 amide bonds. The summed E-state index contributed by atoms with van der Waals surface area (Å²) in [6.07, 6.45) is -2.79. The van der Waals surface area contributed by atoms with E-state index in [-0.39, 0.29) is 18.9 Å². The van der Waals surface area contributed by atoms with Gasteiger partial charge in [-0.15, -0.1) is 0 Å². The van der Waals surface area contributed by atoms with Gasteiger partial charge in [-0.1, -0.05) is 0 Å². The van der Waals surface area contributed by atoms with Gasteiger partial charge in [0.15, 0.2) is 11.4 Å². The quantitative estimate of drug-likeness (QED) is 0.667. The Labute approximate surface area is 117 Å². The minimum Gasteiger partial charge on any atom is -0.467 e. The highest BCUT2D eigenvalue weighted by atomic mass is 16.7. The zero-order valence-electron chi connectivity index (χ0n) is 12.2. The van der Waals surface area contributed by atoms with Crippen molar-refractivity contribution in [1.82, 2.24) is 0 Å². The van der Waals surface area contributed by atoms with Crippen molar-refractivity contribution < 1.29 is 34.0 Å². The zero-order valence-corrected chi connectivity index (χ0v) is 12.2. The lowest BCUT2D eigenvalue weighted by Crippen LogP contribution is -2.65. The molecule has 0 aromatic heterocycles. The fourth-order valence-corrected chi connectivity index (χ4v) is 2.86. The van der Waals surface area contributed by atoms with E-state index >= 15 is 0 Å². The van der Waals surface area contributed by atoms with Crippen LogP contribution in [0.15, 0.2) is 0 Å². The molecule has 0 aromatic carbocycles. The van der Waals surface area contributed by atoms with Crippen LogP contribution in [0, 0.1) is 0 Å². The summed E-state index contributed by atoms with van der Waals surface area (Å²) in [6.45, 7) is 3.50. The maximum absolute atomic E-state index is 11.7. The highest BCUT2D eigenvalue weighted by molar-refractivity contribution is 5.79. The number of aliphatic hydroxyl groups is 2. The topological polar surface area (TPSA) is 94.5 Å². The lowest BCUT2D eigenvalue weighted by molar-refractivity contribution is -0.369. The smallest absolute Gasteiger partial charge is 0.338 e. The van der Waals surface area contributed by atoms with E-state index in [1.54, 1.807) is 13.8 Å². The van der Waals surface area contributed by atoms with Gasteiger partial charge in [0.05, 0.1) is 19.3 Å². The molecule has 0 unspecified atom stereocenters. The molecule has 0 radical (unpaired) electrons. The van der Waals surface area contributed by atoms with E-state index in [0.717, 1.165) is 0 Å². The molecule has 1 heterocycles. The lowest BCUT2D eigenvalue weighted by atomic mass is 9.78. The molecular formula is C13H22O7. The van der Waals surface area contributed by atoms with Crippen molar-refractivity contribution >= 4 is 5.97 Å².